The number of ether oxygens (including phenoxy) is 1. The highest BCUT2D eigenvalue weighted by atomic mass is 32.2. The Kier molecular flexibility index (Phi) is 8.98. The van der Waals surface area contributed by atoms with Gasteiger partial charge in [-0.1, -0.05) is 55.5 Å². The van der Waals surface area contributed by atoms with Gasteiger partial charge in [-0.15, -0.1) is 0 Å². The Morgan fingerprint density at radius 1 is 1.09 bits per heavy atom. The Bertz CT molecular complexity index is 982. The average molecular weight is 485 g/mol. The summed E-state index contributed by atoms with van der Waals surface area (Å²) >= 11 is 1.55. The standard InChI is InChI=1S/C26H32N2O5S/c1-4-17(2)28(15-24(29)30)25(31)23(13-14-34-3)27-26(32)33-16-22-20-11-7-5-9-18(20)19-10-6-8-12-21(19)22/h5-12,17,22-23H,4,13-16H2,1-3H3,(H,27,32)(H,29,30)/t17?,23-/m0/s1. The van der Waals surface area contributed by atoms with Gasteiger partial charge in [0.15, 0.2) is 0 Å². The molecule has 2 aromatic rings. The van der Waals surface area contributed by atoms with Crippen LogP contribution in [0.5, 0.6) is 0 Å². The molecule has 2 atom stereocenters. The summed E-state index contributed by atoms with van der Waals surface area (Å²) in [6.07, 6.45) is 2.23. The molecule has 0 aliphatic heterocycles. The van der Waals surface area contributed by atoms with E-state index < -0.39 is 30.6 Å². The number of hydrogen-bond donors (Lipinski definition) is 2. The molecule has 7 nitrogen and oxygen atoms in total. The zero-order valence-corrected chi connectivity index (χ0v) is 20.6. The number of fused-ring (bicyclic) bond motifs is 3. The zero-order valence-electron chi connectivity index (χ0n) is 19.8. The quantitative estimate of drug-likeness (QED) is 0.492. The van der Waals surface area contributed by atoms with E-state index in [4.69, 9.17) is 4.74 Å². The van der Waals surface area contributed by atoms with Gasteiger partial charge in [0, 0.05) is 12.0 Å². The maximum absolute atomic E-state index is 13.2. The van der Waals surface area contributed by atoms with Gasteiger partial charge in [-0.2, -0.15) is 11.8 Å². The van der Waals surface area contributed by atoms with E-state index in [1.807, 2.05) is 49.6 Å². The number of benzene rings is 2. The molecule has 0 spiro atoms. The molecule has 0 radical (unpaired) electrons. The molecule has 1 aliphatic rings. The summed E-state index contributed by atoms with van der Waals surface area (Å²) in [5.41, 5.74) is 4.49. The third kappa shape index (κ3) is 5.91. The van der Waals surface area contributed by atoms with Crippen molar-refractivity contribution in [3.63, 3.8) is 0 Å². The number of hydrogen-bond acceptors (Lipinski definition) is 5. The van der Waals surface area contributed by atoms with Crippen LogP contribution >= 0.6 is 11.8 Å². The highest BCUT2D eigenvalue weighted by molar-refractivity contribution is 7.98. The lowest BCUT2D eigenvalue weighted by Gasteiger charge is -2.31. The molecule has 0 bridgehead atoms. The molecule has 8 heteroatoms. The van der Waals surface area contributed by atoms with Crippen LogP contribution in [-0.4, -0.2) is 65.2 Å². The molecule has 2 N–H and O–H groups in total. The number of carboxylic acid groups (broad SMARTS) is 1. The predicted octanol–water partition coefficient (Wildman–Crippen LogP) is 4.36. The van der Waals surface area contributed by atoms with E-state index in [0.717, 1.165) is 22.3 Å². The molecule has 0 saturated carbocycles. The monoisotopic (exact) mass is 484 g/mol. The van der Waals surface area contributed by atoms with Gasteiger partial charge in [0.1, 0.15) is 19.2 Å². The van der Waals surface area contributed by atoms with Gasteiger partial charge < -0.3 is 20.1 Å². The Hall–Kier alpha value is -3.00. The van der Waals surface area contributed by atoms with Gasteiger partial charge in [-0.25, -0.2) is 4.79 Å². The summed E-state index contributed by atoms with van der Waals surface area (Å²) in [5, 5.41) is 12.0. The number of carbonyl (C=O) groups is 3. The molecule has 182 valence electrons. The normalized spacial score (nSPS) is 14.0. The fraction of sp³-hybridized carbons (Fsp3) is 0.423. The minimum absolute atomic E-state index is 0.0814. The van der Waals surface area contributed by atoms with Crippen molar-refractivity contribution in [2.45, 2.75) is 44.7 Å². The van der Waals surface area contributed by atoms with E-state index in [9.17, 15) is 19.5 Å². The van der Waals surface area contributed by atoms with E-state index in [2.05, 4.69) is 17.4 Å². The summed E-state index contributed by atoms with van der Waals surface area (Å²) in [6, 6.07) is 15.0. The lowest BCUT2D eigenvalue weighted by atomic mass is 9.98. The summed E-state index contributed by atoms with van der Waals surface area (Å²) < 4.78 is 5.60. The van der Waals surface area contributed by atoms with E-state index in [1.54, 1.807) is 18.7 Å². The van der Waals surface area contributed by atoms with Crippen LogP contribution in [-0.2, 0) is 14.3 Å². The molecule has 1 aliphatic carbocycles. The number of aliphatic carboxylic acids is 1. The highest BCUT2D eigenvalue weighted by Crippen LogP contribution is 2.44. The summed E-state index contributed by atoms with van der Waals surface area (Å²) in [6.45, 7) is 3.44. The van der Waals surface area contributed by atoms with Gasteiger partial charge in [-0.05, 0) is 54.0 Å². The lowest BCUT2D eigenvalue weighted by Crippen LogP contribution is -2.53. The summed E-state index contributed by atoms with van der Waals surface area (Å²) in [5.74, 6) is -0.929. The van der Waals surface area contributed by atoms with Crippen molar-refractivity contribution in [3.05, 3.63) is 59.7 Å². The summed E-state index contributed by atoms with van der Waals surface area (Å²) in [4.78, 5) is 38.6. The molecule has 0 heterocycles. The van der Waals surface area contributed by atoms with Crippen molar-refractivity contribution in [2.24, 2.45) is 0 Å². The van der Waals surface area contributed by atoms with Gasteiger partial charge in [0.05, 0.1) is 0 Å². The fourth-order valence-corrected chi connectivity index (χ4v) is 4.76. The number of thioether (sulfide) groups is 1. The molecule has 3 rings (SSSR count). The number of amides is 2. The molecule has 2 aromatic carbocycles. The molecule has 34 heavy (non-hydrogen) atoms. The maximum Gasteiger partial charge on any atom is 0.407 e. The average Bonchev–Trinajstić information content (AvgIpc) is 3.16. The molecule has 0 fully saturated rings. The van der Waals surface area contributed by atoms with Crippen molar-refractivity contribution < 1.29 is 24.2 Å². The van der Waals surface area contributed by atoms with Crippen LogP contribution in [0.4, 0.5) is 4.79 Å². The van der Waals surface area contributed by atoms with Crippen molar-refractivity contribution >= 4 is 29.7 Å². The Labute approximate surface area is 204 Å². The number of carbonyl (C=O) groups excluding carboxylic acids is 2. The van der Waals surface area contributed by atoms with Crippen molar-refractivity contribution in [1.82, 2.24) is 10.2 Å². The topological polar surface area (TPSA) is 95.9 Å². The smallest absolute Gasteiger partial charge is 0.407 e. The third-order valence-corrected chi connectivity index (χ3v) is 6.90. The second-order valence-corrected chi connectivity index (χ2v) is 9.41. The van der Waals surface area contributed by atoms with Crippen LogP contribution in [0, 0.1) is 0 Å². The first-order valence-electron chi connectivity index (χ1n) is 11.5. The van der Waals surface area contributed by atoms with Crippen molar-refractivity contribution in [3.8, 4) is 11.1 Å². The van der Waals surface area contributed by atoms with E-state index in [0.29, 0.717) is 18.6 Å². The van der Waals surface area contributed by atoms with Gasteiger partial charge in [0.2, 0.25) is 5.91 Å². The first-order chi connectivity index (χ1) is 16.4. The largest absolute Gasteiger partial charge is 0.480 e. The number of nitrogens with one attached hydrogen (secondary N) is 1. The molecule has 1 unspecified atom stereocenters. The van der Waals surface area contributed by atoms with E-state index in [-0.39, 0.29) is 18.6 Å². The predicted molar refractivity (Wildman–Crippen MR) is 134 cm³/mol. The second-order valence-electron chi connectivity index (χ2n) is 8.42. The van der Waals surface area contributed by atoms with E-state index >= 15 is 0 Å². The van der Waals surface area contributed by atoms with Crippen LogP contribution in [0.2, 0.25) is 0 Å². The highest BCUT2D eigenvalue weighted by Gasteiger charge is 2.32. The summed E-state index contributed by atoms with van der Waals surface area (Å²) in [7, 11) is 0. The lowest BCUT2D eigenvalue weighted by molar-refractivity contribution is -0.147. The molecular formula is C26H32N2O5S. The van der Waals surface area contributed by atoms with Crippen LogP contribution < -0.4 is 5.32 Å². The van der Waals surface area contributed by atoms with Gasteiger partial charge in [-0.3, -0.25) is 9.59 Å². The molecule has 2 amide bonds. The second kappa shape index (κ2) is 11.9. The van der Waals surface area contributed by atoms with Gasteiger partial charge >= 0.3 is 12.1 Å². The van der Waals surface area contributed by atoms with Crippen LogP contribution in [0.1, 0.15) is 43.7 Å². The van der Waals surface area contributed by atoms with Crippen molar-refractivity contribution in [1.29, 1.82) is 0 Å². The maximum atomic E-state index is 13.2. The number of rotatable bonds is 11. The minimum atomic E-state index is -1.08. The first kappa shape index (κ1) is 25.6. The Morgan fingerprint density at radius 2 is 1.68 bits per heavy atom. The molecular weight excluding hydrogens is 452 g/mol. The van der Waals surface area contributed by atoms with Crippen LogP contribution in [0.15, 0.2) is 48.5 Å². The minimum Gasteiger partial charge on any atom is -0.480 e. The SMILES string of the molecule is CCC(C)N(CC(=O)O)C(=O)[C@H](CCSC)NC(=O)OCC1c2ccccc2-c2ccccc21. The number of alkyl carbamates (subject to hydrolysis) is 1. The third-order valence-electron chi connectivity index (χ3n) is 6.26. The number of carboxylic acids is 1. The zero-order chi connectivity index (χ0) is 24.7. The number of nitrogens with zero attached hydrogens (tertiary/aromatic N) is 1. The molecule has 0 saturated heterocycles. The fourth-order valence-electron chi connectivity index (χ4n) is 4.29. The van der Waals surface area contributed by atoms with Crippen LogP contribution in [0.25, 0.3) is 11.1 Å². The first-order valence-corrected chi connectivity index (χ1v) is 12.9. The Balaban J connectivity index is 1.70. The molecule has 0 aromatic heterocycles. The van der Waals surface area contributed by atoms with Gasteiger partial charge in [0.25, 0.3) is 0 Å². The van der Waals surface area contributed by atoms with Crippen molar-refractivity contribution in [2.75, 3.05) is 25.2 Å². The van der Waals surface area contributed by atoms with Crippen LogP contribution in [0.3, 0.4) is 0 Å². The van der Waals surface area contributed by atoms with E-state index in [1.165, 1.54) is 4.90 Å². The Morgan fingerprint density at radius 3 is 2.21 bits per heavy atom.